The van der Waals surface area contributed by atoms with Crippen LogP contribution in [0.5, 0.6) is 5.75 Å². The summed E-state index contributed by atoms with van der Waals surface area (Å²) in [6.45, 7) is 0. The molecule has 5 nitrogen and oxygen atoms in total. The van der Waals surface area contributed by atoms with Crippen LogP contribution in [0.2, 0.25) is 5.02 Å². The Hall–Kier alpha value is -3.18. The zero-order chi connectivity index (χ0) is 25.3. The van der Waals surface area contributed by atoms with E-state index in [4.69, 9.17) is 11.6 Å². The molecule has 0 aliphatic rings. The van der Waals surface area contributed by atoms with Crippen LogP contribution in [0.1, 0.15) is 5.56 Å². The van der Waals surface area contributed by atoms with E-state index in [2.05, 4.69) is 10.1 Å². The molecule has 0 fully saturated rings. The summed E-state index contributed by atoms with van der Waals surface area (Å²) in [6.07, 6.45) is -4.32. The van der Waals surface area contributed by atoms with Gasteiger partial charge in [0.15, 0.2) is 9.84 Å². The van der Waals surface area contributed by atoms with Crippen LogP contribution in [0.3, 0.4) is 0 Å². The number of ether oxygens (including phenoxy) is 1. The van der Waals surface area contributed by atoms with Crippen LogP contribution in [0.4, 0.5) is 27.6 Å². The van der Waals surface area contributed by atoms with Gasteiger partial charge in [0.25, 0.3) is 0 Å². The van der Waals surface area contributed by atoms with Crippen molar-refractivity contribution in [2.75, 3.05) is 11.6 Å². The Morgan fingerprint density at radius 2 is 1.59 bits per heavy atom. The number of rotatable bonds is 6. The summed E-state index contributed by atoms with van der Waals surface area (Å²) in [5.74, 6) is -4.05. The second-order valence-electron chi connectivity index (χ2n) is 7.14. The maximum atomic E-state index is 14.7. The van der Waals surface area contributed by atoms with Crippen LogP contribution in [0.15, 0.2) is 59.5 Å². The first-order valence-electron chi connectivity index (χ1n) is 9.36. The third-order valence-corrected chi connectivity index (χ3v) is 5.84. The van der Waals surface area contributed by atoms with Gasteiger partial charge in [-0.15, -0.1) is 13.2 Å². The first-order valence-corrected chi connectivity index (χ1v) is 11.6. The van der Waals surface area contributed by atoms with Gasteiger partial charge in [0, 0.05) is 22.5 Å². The molecule has 0 aliphatic heterocycles. The van der Waals surface area contributed by atoms with E-state index in [0.717, 1.165) is 36.6 Å². The lowest BCUT2D eigenvalue weighted by molar-refractivity contribution is -0.274. The quantitative estimate of drug-likeness (QED) is 0.420. The Balaban J connectivity index is 1.83. The van der Waals surface area contributed by atoms with E-state index < -0.39 is 50.6 Å². The highest BCUT2D eigenvalue weighted by Crippen LogP contribution is 2.39. The number of carbonyl (C=O) groups excluding carboxylic acids is 1. The van der Waals surface area contributed by atoms with Crippen molar-refractivity contribution in [2.45, 2.75) is 17.7 Å². The molecule has 3 aromatic carbocycles. The van der Waals surface area contributed by atoms with E-state index in [1.807, 2.05) is 0 Å². The molecule has 0 saturated heterocycles. The zero-order valence-corrected chi connectivity index (χ0v) is 18.8. The molecular weight excluding hydrogens is 505 g/mol. The van der Waals surface area contributed by atoms with Crippen LogP contribution in [-0.4, -0.2) is 26.9 Å². The summed E-state index contributed by atoms with van der Waals surface area (Å²) in [4.78, 5) is 12.3. The van der Waals surface area contributed by atoms with Gasteiger partial charge in [0.1, 0.15) is 17.4 Å². The number of hydrogen-bond donors (Lipinski definition) is 1. The van der Waals surface area contributed by atoms with Gasteiger partial charge in [0.05, 0.1) is 16.9 Å². The molecule has 1 N–H and O–H groups in total. The molecule has 180 valence electrons. The number of anilines is 1. The molecule has 0 atom stereocenters. The van der Waals surface area contributed by atoms with Gasteiger partial charge < -0.3 is 10.1 Å². The van der Waals surface area contributed by atoms with Gasteiger partial charge in [-0.2, -0.15) is 0 Å². The number of hydrogen-bond acceptors (Lipinski definition) is 4. The summed E-state index contributed by atoms with van der Waals surface area (Å²) < 4.78 is 94.4. The van der Waals surface area contributed by atoms with Gasteiger partial charge in [0.2, 0.25) is 5.91 Å². The Morgan fingerprint density at radius 1 is 1.00 bits per heavy atom. The lowest BCUT2D eigenvalue weighted by atomic mass is 10.0. The Labute approximate surface area is 196 Å². The molecule has 12 heteroatoms. The number of carbonyl (C=O) groups is 1. The Morgan fingerprint density at radius 3 is 2.12 bits per heavy atom. The monoisotopic (exact) mass is 519 g/mol. The number of halogens is 6. The fourth-order valence-electron chi connectivity index (χ4n) is 3.06. The molecule has 0 unspecified atom stereocenters. The smallest absolute Gasteiger partial charge is 0.405 e. The number of alkyl halides is 3. The maximum absolute atomic E-state index is 14.7. The third kappa shape index (κ3) is 6.45. The molecular formula is C22H15ClF5NO4S. The average Bonchev–Trinajstić information content (AvgIpc) is 2.67. The van der Waals surface area contributed by atoms with E-state index in [-0.39, 0.29) is 22.0 Å². The van der Waals surface area contributed by atoms with E-state index in [9.17, 15) is 35.2 Å². The number of amides is 1. The molecule has 0 saturated carbocycles. The number of nitrogens with one attached hydrogen (secondary N) is 1. The van der Waals surface area contributed by atoms with E-state index in [0.29, 0.717) is 5.56 Å². The van der Waals surface area contributed by atoms with Crippen molar-refractivity contribution in [3.05, 3.63) is 76.8 Å². The third-order valence-electron chi connectivity index (χ3n) is 4.48. The Bertz CT molecular complexity index is 1320. The van der Waals surface area contributed by atoms with Crippen LogP contribution < -0.4 is 10.1 Å². The van der Waals surface area contributed by atoms with Crippen LogP contribution in [0, 0.1) is 11.6 Å². The van der Waals surface area contributed by atoms with Gasteiger partial charge in [-0.05, 0) is 48.0 Å². The summed E-state index contributed by atoms with van der Waals surface area (Å²) in [5, 5.41) is 2.15. The summed E-state index contributed by atoms with van der Waals surface area (Å²) in [7, 11) is -3.41. The zero-order valence-electron chi connectivity index (χ0n) is 17.2. The predicted molar refractivity (Wildman–Crippen MR) is 115 cm³/mol. The second-order valence-corrected chi connectivity index (χ2v) is 9.60. The standard InChI is InChI=1S/C22H15ClF5NO4S/c1-34(31,32)15-5-2-12(3-6-15)8-20(30)29-14-10-17(24)21(18(25)11-14)16-7-4-13(23)9-19(16)33-22(26,27)28/h2-7,9-11H,8H2,1H3,(H,29,30). The van der Waals surface area contributed by atoms with Gasteiger partial charge in [-0.25, -0.2) is 17.2 Å². The average molecular weight is 520 g/mol. The molecule has 0 radical (unpaired) electrons. The highest BCUT2D eigenvalue weighted by atomic mass is 35.5. The van der Waals surface area contributed by atoms with E-state index in [1.165, 1.54) is 24.3 Å². The van der Waals surface area contributed by atoms with Crippen molar-refractivity contribution >= 4 is 33.0 Å². The van der Waals surface area contributed by atoms with Crippen molar-refractivity contribution in [1.29, 1.82) is 0 Å². The normalized spacial score (nSPS) is 11.9. The molecule has 0 aliphatic carbocycles. The molecule has 0 spiro atoms. The predicted octanol–water partition coefficient (Wildman–Crippen LogP) is 5.77. The summed E-state index contributed by atoms with van der Waals surface area (Å²) >= 11 is 5.68. The minimum absolute atomic E-state index is 0.0625. The molecule has 0 heterocycles. The first-order chi connectivity index (χ1) is 15.7. The molecule has 0 aromatic heterocycles. The lowest BCUT2D eigenvalue weighted by Gasteiger charge is -2.15. The number of benzene rings is 3. The largest absolute Gasteiger partial charge is 0.573 e. The van der Waals surface area contributed by atoms with Crippen molar-refractivity contribution in [3.8, 4) is 16.9 Å². The van der Waals surface area contributed by atoms with Crippen molar-refractivity contribution in [2.24, 2.45) is 0 Å². The van der Waals surface area contributed by atoms with Crippen molar-refractivity contribution in [3.63, 3.8) is 0 Å². The maximum Gasteiger partial charge on any atom is 0.573 e. The Kier molecular flexibility index (Phi) is 7.18. The molecule has 0 bridgehead atoms. The second kappa shape index (κ2) is 9.59. The molecule has 1 amide bonds. The molecule has 3 rings (SSSR count). The summed E-state index contributed by atoms with van der Waals surface area (Å²) in [5.41, 5.74) is -1.16. The minimum atomic E-state index is -5.13. The summed E-state index contributed by atoms with van der Waals surface area (Å²) in [6, 6.07) is 9.86. The van der Waals surface area contributed by atoms with Gasteiger partial charge in [-0.3, -0.25) is 4.79 Å². The lowest BCUT2D eigenvalue weighted by Crippen LogP contribution is -2.18. The van der Waals surface area contributed by atoms with Crippen LogP contribution in [-0.2, 0) is 21.1 Å². The molecule has 34 heavy (non-hydrogen) atoms. The molecule has 3 aromatic rings. The number of sulfone groups is 1. The fourth-order valence-corrected chi connectivity index (χ4v) is 3.85. The minimum Gasteiger partial charge on any atom is -0.405 e. The van der Waals surface area contributed by atoms with Crippen molar-refractivity contribution in [1.82, 2.24) is 0 Å². The van der Waals surface area contributed by atoms with Gasteiger partial charge >= 0.3 is 6.36 Å². The SMILES string of the molecule is CS(=O)(=O)c1ccc(CC(=O)Nc2cc(F)c(-c3ccc(Cl)cc3OC(F)(F)F)c(F)c2)cc1. The van der Waals surface area contributed by atoms with Crippen LogP contribution >= 0.6 is 11.6 Å². The first kappa shape index (κ1) is 25.4. The van der Waals surface area contributed by atoms with E-state index >= 15 is 0 Å². The highest BCUT2D eigenvalue weighted by molar-refractivity contribution is 7.90. The van der Waals surface area contributed by atoms with Crippen molar-refractivity contribution < 1.29 is 39.9 Å². The van der Waals surface area contributed by atoms with E-state index in [1.54, 1.807) is 0 Å². The highest BCUT2D eigenvalue weighted by Gasteiger charge is 2.33. The van der Waals surface area contributed by atoms with Crippen LogP contribution in [0.25, 0.3) is 11.1 Å². The van der Waals surface area contributed by atoms with Gasteiger partial charge in [-0.1, -0.05) is 23.7 Å². The fraction of sp³-hybridized carbons (Fsp3) is 0.136. The topological polar surface area (TPSA) is 72.5 Å².